The molecule has 3 rings (SSSR count). The predicted molar refractivity (Wildman–Crippen MR) is 102 cm³/mol. The van der Waals surface area contributed by atoms with Crippen molar-refractivity contribution < 1.29 is 19.6 Å². The second-order valence-electron chi connectivity index (χ2n) is 5.54. The molecule has 136 valence electrons. The number of para-hydroxylation sites is 1. The molecule has 9 heteroatoms. The number of amidine groups is 1. The van der Waals surface area contributed by atoms with Crippen LogP contribution in [0.3, 0.4) is 0 Å². The molecule has 8 nitrogen and oxygen atoms in total. The lowest BCUT2D eigenvalue weighted by molar-refractivity contribution is -0.384. The molecule has 1 saturated heterocycles. The second kappa shape index (κ2) is 7.42. The van der Waals surface area contributed by atoms with Gasteiger partial charge in [-0.3, -0.25) is 19.8 Å². The van der Waals surface area contributed by atoms with E-state index in [0.717, 1.165) is 11.8 Å². The Morgan fingerprint density at radius 2 is 2.00 bits per heavy atom. The van der Waals surface area contributed by atoms with Gasteiger partial charge in [0.2, 0.25) is 0 Å². The SMILES string of the molecule is CN1C(=O)/C(=C/c2cccc([N+](=O)[O-])c2)SC1=Nc1ccccc1C(=O)O. The summed E-state index contributed by atoms with van der Waals surface area (Å²) >= 11 is 1.08. The normalized spacial score (nSPS) is 16.9. The largest absolute Gasteiger partial charge is 0.478 e. The van der Waals surface area contributed by atoms with Crippen LogP contribution in [0.1, 0.15) is 15.9 Å². The molecule has 0 atom stereocenters. The average Bonchev–Trinajstić information content (AvgIpc) is 2.90. The van der Waals surface area contributed by atoms with Gasteiger partial charge >= 0.3 is 5.97 Å². The number of benzene rings is 2. The number of thioether (sulfide) groups is 1. The summed E-state index contributed by atoms with van der Waals surface area (Å²) in [4.78, 5) is 40.1. The first kappa shape index (κ1) is 18.3. The summed E-state index contributed by atoms with van der Waals surface area (Å²) in [5, 5.41) is 20.5. The lowest BCUT2D eigenvalue weighted by Gasteiger charge is -2.08. The van der Waals surface area contributed by atoms with E-state index in [9.17, 15) is 24.8 Å². The van der Waals surface area contributed by atoms with Gasteiger partial charge in [-0.25, -0.2) is 9.79 Å². The molecule has 2 aromatic rings. The maximum absolute atomic E-state index is 12.5. The smallest absolute Gasteiger partial charge is 0.337 e. The van der Waals surface area contributed by atoms with Crippen molar-refractivity contribution in [2.45, 2.75) is 0 Å². The van der Waals surface area contributed by atoms with E-state index < -0.39 is 10.9 Å². The van der Waals surface area contributed by atoms with E-state index in [4.69, 9.17) is 0 Å². The lowest BCUT2D eigenvalue weighted by Crippen LogP contribution is -2.23. The van der Waals surface area contributed by atoms with Gasteiger partial charge in [-0.05, 0) is 35.5 Å². The van der Waals surface area contributed by atoms with Gasteiger partial charge in [-0.2, -0.15) is 0 Å². The summed E-state index contributed by atoms with van der Waals surface area (Å²) < 4.78 is 0. The van der Waals surface area contributed by atoms with Crippen molar-refractivity contribution in [1.29, 1.82) is 0 Å². The number of nitro benzene ring substituents is 1. The minimum Gasteiger partial charge on any atom is -0.478 e. The Morgan fingerprint density at radius 1 is 1.26 bits per heavy atom. The van der Waals surface area contributed by atoms with Gasteiger partial charge in [0.15, 0.2) is 5.17 Å². The van der Waals surface area contributed by atoms with Crippen molar-refractivity contribution in [3.63, 3.8) is 0 Å². The molecule has 1 heterocycles. The monoisotopic (exact) mass is 383 g/mol. The van der Waals surface area contributed by atoms with Crippen molar-refractivity contribution in [3.05, 3.63) is 74.7 Å². The summed E-state index contributed by atoms with van der Waals surface area (Å²) in [6.07, 6.45) is 1.54. The summed E-state index contributed by atoms with van der Waals surface area (Å²) in [5.41, 5.74) is 0.712. The minimum atomic E-state index is -1.11. The van der Waals surface area contributed by atoms with Gasteiger partial charge in [0.05, 0.1) is 21.1 Å². The topological polar surface area (TPSA) is 113 Å². The van der Waals surface area contributed by atoms with Crippen LogP contribution in [-0.2, 0) is 4.79 Å². The zero-order valence-electron chi connectivity index (χ0n) is 14.0. The molecular formula is C18H13N3O5S. The molecule has 0 spiro atoms. The Hall–Kier alpha value is -3.46. The molecule has 1 fully saturated rings. The molecule has 1 aliphatic heterocycles. The Bertz CT molecular complexity index is 1020. The third kappa shape index (κ3) is 3.87. The number of rotatable bonds is 4. The second-order valence-corrected chi connectivity index (χ2v) is 6.55. The van der Waals surface area contributed by atoms with Gasteiger partial charge in [-0.1, -0.05) is 24.3 Å². The number of nitro groups is 1. The van der Waals surface area contributed by atoms with Crippen molar-refractivity contribution in [1.82, 2.24) is 4.90 Å². The summed E-state index contributed by atoms with van der Waals surface area (Å²) in [7, 11) is 1.53. The predicted octanol–water partition coefficient (Wildman–Crippen LogP) is 3.53. The number of carbonyl (C=O) groups excluding carboxylic acids is 1. The van der Waals surface area contributed by atoms with E-state index >= 15 is 0 Å². The van der Waals surface area contributed by atoms with Crippen LogP contribution in [0.4, 0.5) is 11.4 Å². The van der Waals surface area contributed by atoms with E-state index in [0.29, 0.717) is 15.6 Å². The molecule has 2 aromatic carbocycles. The molecule has 27 heavy (non-hydrogen) atoms. The van der Waals surface area contributed by atoms with Crippen LogP contribution < -0.4 is 0 Å². The van der Waals surface area contributed by atoms with Crippen molar-refractivity contribution in [2.24, 2.45) is 4.99 Å². The number of likely N-dealkylation sites (N-methyl/N-ethyl adjacent to an activating group) is 1. The van der Waals surface area contributed by atoms with Gasteiger partial charge in [0.25, 0.3) is 11.6 Å². The van der Waals surface area contributed by atoms with Crippen molar-refractivity contribution in [3.8, 4) is 0 Å². The van der Waals surface area contributed by atoms with E-state index in [1.807, 2.05) is 0 Å². The van der Waals surface area contributed by atoms with Gasteiger partial charge in [0, 0.05) is 19.2 Å². The Kier molecular flexibility index (Phi) is 5.04. The maximum Gasteiger partial charge on any atom is 0.337 e. The van der Waals surface area contributed by atoms with Crippen molar-refractivity contribution in [2.75, 3.05) is 7.05 Å². The third-order valence-corrected chi connectivity index (χ3v) is 4.79. The Balaban J connectivity index is 1.95. The van der Waals surface area contributed by atoms with Gasteiger partial charge < -0.3 is 5.11 Å². The molecule has 1 N–H and O–H groups in total. The van der Waals surface area contributed by atoms with Crippen LogP contribution in [-0.4, -0.2) is 39.0 Å². The lowest BCUT2D eigenvalue weighted by atomic mass is 10.2. The molecule has 0 radical (unpaired) electrons. The average molecular weight is 383 g/mol. The van der Waals surface area contributed by atoms with Crippen LogP contribution in [0.25, 0.3) is 6.08 Å². The molecule has 0 unspecified atom stereocenters. The number of nitrogens with zero attached hydrogens (tertiary/aromatic N) is 3. The molecule has 0 aromatic heterocycles. The van der Waals surface area contributed by atoms with Crippen LogP contribution in [0, 0.1) is 10.1 Å². The number of hydrogen-bond acceptors (Lipinski definition) is 6. The molecule has 0 saturated carbocycles. The Labute approximate surface area is 158 Å². The number of carbonyl (C=O) groups is 2. The number of aliphatic imine (C=N–C) groups is 1. The molecule has 0 aliphatic carbocycles. The highest BCUT2D eigenvalue weighted by Crippen LogP contribution is 2.34. The van der Waals surface area contributed by atoms with Crippen LogP contribution in [0.5, 0.6) is 0 Å². The maximum atomic E-state index is 12.5. The molecule has 1 amide bonds. The number of amides is 1. The number of carboxylic acid groups (broad SMARTS) is 1. The highest BCUT2D eigenvalue weighted by molar-refractivity contribution is 8.18. The van der Waals surface area contributed by atoms with Crippen LogP contribution >= 0.6 is 11.8 Å². The van der Waals surface area contributed by atoms with E-state index in [1.165, 1.54) is 36.2 Å². The number of hydrogen-bond donors (Lipinski definition) is 1. The van der Waals surface area contributed by atoms with Gasteiger partial charge in [0.1, 0.15) is 0 Å². The standard InChI is InChI=1S/C18H13N3O5S/c1-20-16(22)15(10-11-5-4-6-12(9-11)21(25)26)27-18(20)19-14-8-3-2-7-13(14)17(23)24/h2-10H,1H3,(H,23,24)/b15-10-,19-18?. The van der Waals surface area contributed by atoms with Crippen molar-refractivity contribution >= 4 is 46.3 Å². The Morgan fingerprint density at radius 3 is 2.70 bits per heavy atom. The summed E-state index contributed by atoms with van der Waals surface area (Å²) in [5.74, 6) is -1.43. The van der Waals surface area contributed by atoms with Crippen LogP contribution in [0.15, 0.2) is 58.4 Å². The number of carboxylic acids is 1. The van der Waals surface area contributed by atoms with E-state index in [-0.39, 0.29) is 22.8 Å². The zero-order chi connectivity index (χ0) is 19.6. The minimum absolute atomic E-state index is 0.0302. The summed E-state index contributed by atoms with van der Waals surface area (Å²) in [6.45, 7) is 0. The molecule has 1 aliphatic rings. The highest BCUT2D eigenvalue weighted by atomic mass is 32.2. The fraction of sp³-hybridized carbons (Fsp3) is 0.0556. The molecule has 0 bridgehead atoms. The number of non-ortho nitro benzene ring substituents is 1. The van der Waals surface area contributed by atoms with Gasteiger partial charge in [-0.15, -0.1) is 0 Å². The van der Waals surface area contributed by atoms with Crippen LogP contribution in [0.2, 0.25) is 0 Å². The summed E-state index contributed by atoms with van der Waals surface area (Å²) in [6, 6.07) is 12.2. The highest BCUT2D eigenvalue weighted by Gasteiger charge is 2.30. The molecular weight excluding hydrogens is 370 g/mol. The van der Waals surface area contributed by atoms with E-state index in [2.05, 4.69) is 4.99 Å². The first-order valence-corrected chi connectivity index (χ1v) is 8.51. The zero-order valence-corrected chi connectivity index (χ0v) is 14.8. The third-order valence-electron chi connectivity index (χ3n) is 3.73. The van der Waals surface area contributed by atoms with E-state index in [1.54, 1.807) is 30.3 Å². The quantitative estimate of drug-likeness (QED) is 0.491. The number of aromatic carboxylic acids is 1. The first-order chi connectivity index (χ1) is 12.9. The fourth-order valence-corrected chi connectivity index (χ4v) is 3.37. The fourth-order valence-electron chi connectivity index (χ4n) is 2.39. The first-order valence-electron chi connectivity index (χ1n) is 7.70.